The number of ether oxygens (including phenoxy) is 2. The van der Waals surface area contributed by atoms with Gasteiger partial charge in [-0.3, -0.25) is 4.90 Å². The van der Waals surface area contributed by atoms with Crippen molar-refractivity contribution >= 4 is 11.1 Å². The van der Waals surface area contributed by atoms with E-state index < -0.39 is 11.7 Å². The molecular formula is C23H21F3N2O3. The van der Waals surface area contributed by atoms with Gasteiger partial charge in [0, 0.05) is 26.1 Å². The number of halogens is 3. The second kappa shape index (κ2) is 7.60. The smallest absolute Gasteiger partial charge is 0.416 e. The topological polar surface area (TPSA) is 47.7 Å². The lowest BCUT2D eigenvalue weighted by Crippen LogP contribution is -2.43. The van der Waals surface area contributed by atoms with Gasteiger partial charge in [0.25, 0.3) is 0 Å². The highest BCUT2D eigenvalue weighted by Crippen LogP contribution is 2.40. The lowest BCUT2D eigenvalue weighted by Gasteiger charge is -2.37. The first-order chi connectivity index (χ1) is 14.9. The Morgan fingerprint density at radius 2 is 1.90 bits per heavy atom. The summed E-state index contributed by atoms with van der Waals surface area (Å²) in [6, 6.07) is 9.05. The fourth-order valence-electron chi connectivity index (χ4n) is 4.18. The number of rotatable bonds is 3. The quantitative estimate of drug-likeness (QED) is 0.528. The monoisotopic (exact) mass is 430 g/mol. The molecule has 2 atom stereocenters. The van der Waals surface area contributed by atoms with Gasteiger partial charge in [0.1, 0.15) is 18.2 Å². The summed E-state index contributed by atoms with van der Waals surface area (Å²) in [6.45, 7) is 3.41. The summed E-state index contributed by atoms with van der Waals surface area (Å²) in [5.41, 5.74) is 1.49. The largest absolute Gasteiger partial charge is 0.486 e. The van der Waals surface area contributed by atoms with Crippen LogP contribution in [-0.4, -0.2) is 35.7 Å². The average Bonchev–Trinajstić information content (AvgIpc) is 3.14. The minimum absolute atomic E-state index is 0.0272. The molecule has 0 spiro atoms. The molecule has 31 heavy (non-hydrogen) atoms. The van der Waals surface area contributed by atoms with E-state index in [1.165, 1.54) is 0 Å². The first-order valence-corrected chi connectivity index (χ1v) is 10.1. The van der Waals surface area contributed by atoms with Gasteiger partial charge in [0.15, 0.2) is 11.6 Å². The summed E-state index contributed by atoms with van der Waals surface area (Å²) in [4.78, 5) is 6.54. The minimum atomic E-state index is -4.34. The van der Waals surface area contributed by atoms with Crippen molar-refractivity contribution in [3.63, 3.8) is 0 Å². The maximum absolute atomic E-state index is 12.9. The molecular weight excluding hydrogens is 409 g/mol. The van der Waals surface area contributed by atoms with Crippen LogP contribution in [-0.2, 0) is 6.18 Å². The number of nitrogens with zero attached hydrogens (tertiary/aromatic N) is 2. The van der Waals surface area contributed by atoms with Gasteiger partial charge in [-0.2, -0.15) is 13.2 Å². The summed E-state index contributed by atoms with van der Waals surface area (Å²) in [5, 5.41) is 0. The fourth-order valence-corrected chi connectivity index (χ4v) is 4.18. The lowest BCUT2D eigenvalue weighted by molar-refractivity contribution is -0.137. The average molecular weight is 430 g/mol. The van der Waals surface area contributed by atoms with E-state index in [-0.39, 0.29) is 12.1 Å². The van der Waals surface area contributed by atoms with Gasteiger partial charge in [-0.1, -0.05) is 24.3 Å². The number of oxazole rings is 1. The normalized spacial score (nSPS) is 21.5. The molecule has 2 aromatic carbocycles. The molecule has 162 valence electrons. The predicted molar refractivity (Wildman–Crippen MR) is 108 cm³/mol. The highest BCUT2D eigenvalue weighted by Gasteiger charge is 2.32. The molecule has 0 saturated heterocycles. The Labute approximate surface area is 177 Å². The van der Waals surface area contributed by atoms with Crippen LogP contribution in [0.4, 0.5) is 13.2 Å². The zero-order chi connectivity index (χ0) is 21.6. The van der Waals surface area contributed by atoms with Crippen LogP contribution in [0.1, 0.15) is 29.5 Å². The van der Waals surface area contributed by atoms with Crippen LogP contribution in [0.25, 0.3) is 11.1 Å². The number of hydrogen-bond donors (Lipinski definition) is 0. The Balaban J connectivity index is 1.35. The van der Waals surface area contributed by atoms with Crippen molar-refractivity contribution in [3.8, 4) is 11.5 Å². The molecule has 3 aromatic rings. The summed E-state index contributed by atoms with van der Waals surface area (Å²) in [7, 11) is 0. The molecule has 0 aliphatic carbocycles. The Kier molecular flexibility index (Phi) is 4.89. The highest BCUT2D eigenvalue weighted by atomic mass is 19.4. The molecule has 2 aliphatic rings. The third kappa shape index (κ3) is 3.87. The Hall–Kier alpha value is -3.00. The molecule has 0 saturated carbocycles. The van der Waals surface area contributed by atoms with Crippen molar-refractivity contribution < 1.29 is 27.1 Å². The summed E-state index contributed by atoms with van der Waals surface area (Å²) in [5.74, 6) is 1.73. The van der Waals surface area contributed by atoms with Crippen LogP contribution in [0.2, 0.25) is 0 Å². The molecule has 0 radical (unpaired) electrons. The van der Waals surface area contributed by atoms with E-state index in [1.54, 1.807) is 19.1 Å². The number of aromatic nitrogens is 1. The number of hydrogen-bond acceptors (Lipinski definition) is 5. The van der Waals surface area contributed by atoms with E-state index in [0.29, 0.717) is 48.2 Å². The van der Waals surface area contributed by atoms with E-state index >= 15 is 0 Å². The first-order valence-electron chi connectivity index (χ1n) is 10.1. The molecule has 5 rings (SSSR count). The highest BCUT2D eigenvalue weighted by molar-refractivity contribution is 5.83. The van der Waals surface area contributed by atoms with Gasteiger partial charge in [0.05, 0.1) is 5.56 Å². The van der Waals surface area contributed by atoms with Gasteiger partial charge < -0.3 is 13.9 Å². The zero-order valence-electron chi connectivity index (χ0n) is 16.9. The summed E-state index contributed by atoms with van der Waals surface area (Å²) in [6.07, 6.45) is 0.271. The van der Waals surface area contributed by atoms with Gasteiger partial charge in [0.2, 0.25) is 11.3 Å². The van der Waals surface area contributed by atoms with Crippen molar-refractivity contribution in [2.24, 2.45) is 0 Å². The third-order valence-corrected chi connectivity index (χ3v) is 5.66. The predicted octanol–water partition coefficient (Wildman–Crippen LogP) is 5.30. The number of aryl methyl sites for hydroxylation is 1. The van der Waals surface area contributed by atoms with E-state index in [4.69, 9.17) is 13.9 Å². The van der Waals surface area contributed by atoms with E-state index in [1.807, 2.05) is 12.1 Å². The van der Waals surface area contributed by atoms with E-state index in [0.717, 1.165) is 24.1 Å². The molecule has 8 heteroatoms. The molecule has 0 bridgehead atoms. The zero-order valence-corrected chi connectivity index (χ0v) is 16.9. The van der Waals surface area contributed by atoms with Crippen molar-refractivity contribution in [2.75, 3.05) is 19.7 Å². The van der Waals surface area contributed by atoms with Crippen LogP contribution in [0.3, 0.4) is 0 Å². The molecule has 2 unspecified atom stereocenters. The van der Waals surface area contributed by atoms with Crippen molar-refractivity contribution in [1.82, 2.24) is 9.88 Å². The van der Waals surface area contributed by atoms with Gasteiger partial charge in [-0.05, 0) is 36.2 Å². The van der Waals surface area contributed by atoms with Crippen LogP contribution >= 0.6 is 0 Å². The van der Waals surface area contributed by atoms with Crippen molar-refractivity contribution in [1.29, 1.82) is 0 Å². The van der Waals surface area contributed by atoms with E-state index in [2.05, 4.69) is 22.0 Å². The number of benzene rings is 2. The molecule has 2 aliphatic heterocycles. The molecule has 0 fully saturated rings. The van der Waals surface area contributed by atoms with Gasteiger partial charge >= 0.3 is 6.18 Å². The Bertz CT molecular complexity index is 1120. The van der Waals surface area contributed by atoms with Crippen molar-refractivity contribution in [2.45, 2.75) is 31.7 Å². The Morgan fingerprint density at radius 3 is 2.68 bits per heavy atom. The third-order valence-electron chi connectivity index (χ3n) is 5.66. The van der Waals surface area contributed by atoms with Crippen LogP contribution < -0.4 is 9.47 Å². The standard InChI is InChI=1S/C23H21F3N2O3/c1-14-27-18-9-10-20-22(21(18)30-14)31-17(13-29-20)12-28-11-3-2-4-19(28)15-5-7-16(8-6-15)23(24,25)26/h2-3,5-10,17,19H,4,11-13H2,1H3. The molecule has 0 N–H and O–H groups in total. The van der Waals surface area contributed by atoms with Gasteiger partial charge in [-0.15, -0.1) is 0 Å². The molecule has 5 nitrogen and oxygen atoms in total. The summed E-state index contributed by atoms with van der Waals surface area (Å²) < 4.78 is 56.6. The SMILES string of the molecule is Cc1nc2ccc3c(c2o1)OC(CN1CC=CCC1c1ccc(C(F)(F)F)cc1)CO3. The van der Waals surface area contributed by atoms with Crippen LogP contribution in [0.15, 0.2) is 53.0 Å². The number of alkyl halides is 3. The second-order valence-corrected chi connectivity index (χ2v) is 7.82. The maximum atomic E-state index is 12.9. The van der Waals surface area contributed by atoms with Crippen molar-refractivity contribution in [3.05, 3.63) is 65.6 Å². The summed E-state index contributed by atoms with van der Waals surface area (Å²) >= 11 is 0. The minimum Gasteiger partial charge on any atom is -0.486 e. The molecule has 1 aromatic heterocycles. The molecule has 0 amide bonds. The lowest BCUT2D eigenvalue weighted by atomic mass is 9.97. The second-order valence-electron chi connectivity index (χ2n) is 7.82. The van der Waals surface area contributed by atoms with E-state index in [9.17, 15) is 13.2 Å². The Morgan fingerprint density at radius 1 is 1.10 bits per heavy atom. The fraction of sp³-hybridized carbons (Fsp3) is 0.348. The number of fused-ring (bicyclic) bond motifs is 3. The first kappa shape index (κ1) is 19.9. The van der Waals surface area contributed by atoms with Crippen LogP contribution in [0.5, 0.6) is 11.5 Å². The molecule has 3 heterocycles. The van der Waals surface area contributed by atoms with Crippen LogP contribution in [0, 0.1) is 6.92 Å². The maximum Gasteiger partial charge on any atom is 0.416 e. The van der Waals surface area contributed by atoms with Gasteiger partial charge in [-0.25, -0.2) is 4.98 Å².